The van der Waals surface area contributed by atoms with E-state index in [2.05, 4.69) is 37.3 Å². The van der Waals surface area contributed by atoms with E-state index in [1.807, 2.05) is 13.0 Å². The number of pyridine rings is 2. The number of amides is 1. The van der Waals surface area contributed by atoms with Gasteiger partial charge < -0.3 is 25.0 Å². The minimum atomic E-state index is -4.54. The third-order valence-corrected chi connectivity index (χ3v) is 7.39. The highest BCUT2D eigenvalue weighted by atomic mass is 35.5. The average Bonchev–Trinajstić information content (AvgIpc) is 2.98. The lowest BCUT2D eigenvalue weighted by Gasteiger charge is -2.32. The average molecular weight is 621 g/mol. The molecule has 0 radical (unpaired) electrons. The Kier molecular flexibility index (Phi) is 10.8. The minimum absolute atomic E-state index is 0. The zero-order valence-corrected chi connectivity index (χ0v) is 24.9. The van der Waals surface area contributed by atoms with Crippen LogP contribution in [0.25, 0.3) is 11.1 Å². The largest absolute Gasteiger partial charge is 0.475 e. The highest BCUT2D eigenvalue weighted by molar-refractivity contribution is 6.04. The lowest BCUT2D eigenvalue weighted by Crippen LogP contribution is -2.50. The van der Waals surface area contributed by atoms with Gasteiger partial charge in [-0.3, -0.25) is 14.7 Å². The molecule has 2 aliphatic rings. The summed E-state index contributed by atoms with van der Waals surface area (Å²) in [6.07, 6.45) is -1.34. The third kappa shape index (κ3) is 8.35. The zero-order chi connectivity index (χ0) is 29.7. The fourth-order valence-electron chi connectivity index (χ4n) is 5.15. The van der Waals surface area contributed by atoms with Gasteiger partial charge in [0.2, 0.25) is 5.88 Å². The monoisotopic (exact) mass is 620 g/mol. The van der Waals surface area contributed by atoms with Crippen LogP contribution in [0.4, 0.5) is 24.5 Å². The number of hydrogen-bond acceptors (Lipinski definition) is 8. The second-order valence-electron chi connectivity index (χ2n) is 10.5. The smallest absolute Gasteiger partial charge is 0.416 e. The van der Waals surface area contributed by atoms with Gasteiger partial charge in [0.05, 0.1) is 30.7 Å². The Morgan fingerprint density at radius 3 is 2.67 bits per heavy atom. The molecule has 2 saturated heterocycles. The Hall–Kier alpha value is -3.45. The van der Waals surface area contributed by atoms with E-state index < -0.39 is 17.6 Å². The summed E-state index contributed by atoms with van der Waals surface area (Å²) in [6.45, 7) is 10.8. The Morgan fingerprint density at radius 2 is 1.93 bits per heavy atom. The summed E-state index contributed by atoms with van der Waals surface area (Å²) in [5.74, 6) is -0.115. The quantitative estimate of drug-likeness (QED) is 0.376. The van der Waals surface area contributed by atoms with E-state index in [1.165, 1.54) is 18.3 Å². The Balaban J connectivity index is 0.00000423. The number of alkyl halides is 3. The fourth-order valence-corrected chi connectivity index (χ4v) is 5.15. The van der Waals surface area contributed by atoms with Gasteiger partial charge in [-0.1, -0.05) is 6.07 Å². The van der Waals surface area contributed by atoms with Crippen molar-refractivity contribution in [1.29, 1.82) is 0 Å². The van der Waals surface area contributed by atoms with Crippen LogP contribution in [0.1, 0.15) is 28.5 Å². The second kappa shape index (κ2) is 14.3. The highest BCUT2D eigenvalue weighted by Gasteiger charge is 2.31. The van der Waals surface area contributed by atoms with Gasteiger partial charge in [-0.15, -0.1) is 12.4 Å². The molecule has 0 spiro atoms. The van der Waals surface area contributed by atoms with Crippen LogP contribution in [-0.4, -0.2) is 85.9 Å². The Labute approximate surface area is 255 Å². The summed E-state index contributed by atoms with van der Waals surface area (Å²) in [5.41, 5.74) is 2.45. The highest BCUT2D eigenvalue weighted by Crippen LogP contribution is 2.34. The van der Waals surface area contributed by atoms with E-state index in [9.17, 15) is 18.0 Å². The van der Waals surface area contributed by atoms with Crippen LogP contribution in [0.15, 0.2) is 48.8 Å². The number of hydrogen-bond donors (Lipinski definition) is 2. The second-order valence-corrected chi connectivity index (χ2v) is 10.5. The molecule has 0 saturated carbocycles. The molecular formula is C30H36ClF3N6O3. The number of aromatic nitrogens is 2. The van der Waals surface area contributed by atoms with E-state index >= 15 is 0 Å². The molecule has 2 aromatic heterocycles. The molecule has 2 N–H and O–H groups in total. The van der Waals surface area contributed by atoms with Crippen LogP contribution >= 0.6 is 12.4 Å². The van der Waals surface area contributed by atoms with Gasteiger partial charge in [-0.05, 0) is 44.2 Å². The minimum Gasteiger partial charge on any atom is -0.475 e. The molecule has 232 valence electrons. The summed E-state index contributed by atoms with van der Waals surface area (Å²) < 4.78 is 51.2. The Morgan fingerprint density at radius 1 is 1.14 bits per heavy atom. The predicted octanol–water partition coefficient (Wildman–Crippen LogP) is 4.65. The number of halogens is 4. The van der Waals surface area contributed by atoms with Gasteiger partial charge >= 0.3 is 6.18 Å². The lowest BCUT2D eigenvalue weighted by atomic mass is 10.0. The number of anilines is 2. The molecule has 0 bridgehead atoms. The fraction of sp³-hybridized carbons (Fsp3) is 0.433. The summed E-state index contributed by atoms with van der Waals surface area (Å²) in [6, 6.07) is 8.51. The van der Waals surface area contributed by atoms with Crippen molar-refractivity contribution < 1.29 is 27.4 Å². The van der Waals surface area contributed by atoms with E-state index in [0.717, 1.165) is 55.1 Å². The molecule has 2 fully saturated rings. The van der Waals surface area contributed by atoms with E-state index in [0.29, 0.717) is 56.2 Å². The number of carbonyl (C=O) groups excluding carboxylic acids is 1. The standard InChI is InChI=1S/C30H35F3N6O3.ClH/c1-20-19-38(7-6-34-20)8-13-42-29-27(39-9-11-41-12-10-39)15-23(17-36-29)26-16-25(18-35-21(26)2)37-28(40)22-4-3-5-24(14-22)30(31,32)33;/h3-5,14-18,20,34H,6-13,19H2,1-2H3,(H,37,40);1H/t20-;/m0./s1. The molecule has 4 heterocycles. The van der Waals surface area contributed by atoms with Gasteiger partial charge in [0.25, 0.3) is 5.91 Å². The molecule has 5 rings (SSSR count). The first kappa shape index (κ1) is 32.5. The molecule has 0 unspecified atom stereocenters. The number of nitrogens with zero attached hydrogens (tertiary/aromatic N) is 4. The summed E-state index contributed by atoms with van der Waals surface area (Å²) in [4.78, 5) is 26.5. The van der Waals surface area contributed by atoms with Gasteiger partial charge in [0.1, 0.15) is 12.3 Å². The van der Waals surface area contributed by atoms with Crippen molar-refractivity contribution in [3.63, 3.8) is 0 Å². The molecule has 13 heteroatoms. The first-order chi connectivity index (χ1) is 20.2. The summed E-state index contributed by atoms with van der Waals surface area (Å²) in [5, 5.41) is 6.12. The third-order valence-electron chi connectivity index (χ3n) is 7.39. The molecular weight excluding hydrogens is 585 g/mol. The van der Waals surface area contributed by atoms with Crippen molar-refractivity contribution >= 4 is 29.7 Å². The molecule has 3 aromatic rings. The number of nitrogens with one attached hydrogen (secondary N) is 2. The van der Waals surface area contributed by atoms with Crippen LogP contribution < -0.4 is 20.3 Å². The maximum atomic E-state index is 13.1. The lowest BCUT2D eigenvalue weighted by molar-refractivity contribution is -0.137. The van der Waals surface area contributed by atoms with Crippen molar-refractivity contribution in [3.8, 4) is 17.0 Å². The van der Waals surface area contributed by atoms with E-state index in [1.54, 1.807) is 12.3 Å². The van der Waals surface area contributed by atoms with Crippen LogP contribution in [0.5, 0.6) is 5.88 Å². The van der Waals surface area contributed by atoms with Gasteiger partial charge in [0, 0.05) is 73.9 Å². The van der Waals surface area contributed by atoms with Crippen molar-refractivity contribution in [2.24, 2.45) is 0 Å². The first-order valence-electron chi connectivity index (χ1n) is 14.0. The molecule has 9 nitrogen and oxygen atoms in total. The number of morpholine rings is 1. The van der Waals surface area contributed by atoms with Crippen LogP contribution in [0.3, 0.4) is 0 Å². The van der Waals surface area contributed by atoms with Crippen molar-refractivity contribution in [1.82, 2.24) is 20.2 Å². The first-order valence-corrected chi connectivity index (χ1v) is 14.0. The molecule has 1 aromatic carbocycles. The van der Waals surface area contributed by atoms with Gasteiger partial charge in [0.15, 0.2) is 0 Å². The topological polar surface area (TPSA) is 91.8 Å². The number of piperazine rings is 1. The van der Waals surface area contributed by atoms with Gasteiger partial charge in [-0.25, -0.2) is 4.98 Å². The predicted molar refractivity (Wildman–Crippen MR) is 161 cm³/mol. The number of rotatable bonds is 8. The van der Waals surface area contributed by atoms with E-state index in [4.69, 9.17) is 9.47 Å². The molecule has 1 atom stereocenters. The SMILES string of the molecule is Cc1ncc(NC(=O)c2cccc(C(F)(F)F)c2)cc1-c1cnc(OCCN2CCN[C@@H](C)C2)c(N2CCOCC2)c1.Cl. The number of carbonyl (C=O) groups is 1. The number of ether oxygens (including phenoxy) is 2. The van der Waals surface area contributed by atoms with Crippen molar-refractivity contribution in [2.45, 2.75) is 26.1 Å². The molecule has 2 aliphatic heterocycles. The zero-order valence-electron chi connectivity index (χ0n) is 24.1. The summed E-state index contributed by atoms with van der Waals surface area (Å²) >= 11 is 0. The van der Waals surface area contributed by atoms with Crippen LogP contribution in [0, 0.1) is 6.92 Å². The van der Waals surface area contributed by atoms with E-state index in [-0.39, 0.29) is 18.0 Å². The van der Waals surface area contributed by atoms with Crippen LogP contribution in [-0.2, 0) is 10.9 Å². The van der Waals surface area contributed by atoms with Gasteiger partial charge in [-0.2, -0.15) is 13.2 Å². The van der Waals surface area contributed by atoms with Crippen molar-refractivity contribution in [3.05, 3.63) is 65.6 Å². The van der Waals surface area contributed by atoms with Crippen molar-refractivity contribution in [2.75, 3.05) is 69.3 Å². The maximum absolute atomic E-state index is 13.1. The number of aryl methyl sites for hydroxylation is 1. The molecule has 0 aliphatic carbocycles. The molecule has 43 heavy (non-hydrogen) atoms. The summed E-state index contributed by atoms with van der Waals surface area (Å²) in [7, 11) is 0. The van der Waals surface area contributed by atoms with Crippen LogP contribution in [0.2, 0.25) is 0 Å². The molecule has 1 amide bonds. The normalized spacial score (nSPS) is 17.7. The Bertz CT molecular complexity index is 1400. The number of benzene rings is 1. The maximum Gasteiger partial charge on any atom is 0.416 e.